The summed E-state index contributed by atoms with van der Waals surface area (Å²) >= 11 is 0. The molecule has 0 radical (unpaired) electrons. The minimum Gasteiger partial charge on any atom is -0.393 e. The van der Waals surface area contributed by atoms with Crippen molar-refractivity contribution in [1.29, 1.82) is 0 Å². The van der Waals surface area contributed by atoms with Gasteiger partial charge in [-0.1, -0.05) is 13.8 Å². The highest BCUT2D eigenvalue weighted by atomic mass is 16.3. The van der Waals surface area contributed by atoms with E-state index in [2.05, 4.69) is 23.6 Å². The normalized spacial score (nSPS) is 52.6. The van der Waals surface area contributed by atoms with E-state index in [-0.39, 0.29) is 47.3 Å². The molecule has 0 spiro atoms. The molecule has 2 saturated heterocycles. The Morgan fingerprint density at radius 3 is 1.86 bits per heavy atom. The molecule has 6 heteroatoms. The molecule has 2 heterocycles. The van der Waals surface area contributed by atoms with Crippen LogP contribution in [-0.2, 0) is 0 Å². The molecule has 6 fully saturated rings. The number of hydrogen-bond acceptors (Lipinski definition) is 6. The molecular formula is C29H50N2O4. The smallest absolute Gasteiger partial charge is 0.0751 e. The minimum absolute atomic E-state index is 0.0156. The second-order valence-electron chi connectivity index (χ2n) is 14.1. The van der Waals surface area contributed by atoms with E-state index in [1.165, 1.54) is 19.3 Å². The van der Waals surface area contributed by atoms with E-state index in [1.54, 1.807) is 0 Å². The van der Waals surface area contributed by atoms with Crippen LogP contribution < -0.4 is 0 Å². The summed E-state index contributed by atoms with van der Waals surface area (Å²) in [5.41, 5.74) is 0.282. The topological polar surface area (TPSA) is 87.4 Å². The highest BCUT2D eigenvalue weighted by Crippen LogP contribution is 2.66. The van der Waals surface area contributed by atoms with Gasteiger partial charge in [0.1, 0.15) is 0 Å². The van der Waals surface area contributed by atoms with Crippen molar-refractivity contribution in [1.82, 2.24) is 9.80 Å². The maximum absolute atomic E-state index is 11.7. The average molecular weight is 491 g/mol. The Morgan fingerprint density at radius 1 is 0.629 bits per heavy atom. The van der Waals surface area contributed by atoms with Gasteiger partial charge < -0.3 is 20.4 Å². The maximum Gasteiger partial charge on any atom is 0.0751 e. The maximum atomic E-state index is 11.7. The van der Waals surface area contributed by atoms with Crippen molar-refractivity contribution in [2.45, 2.75) is 121 Å². The van der Waals surface area contributed by atoms with E-state index in [1.807, 2.05) is 0 Å². The third kappa shape index (κ3) is 4.04. The summed E-state index contributed by atoms with van der Waals surface area (Å²) in [4.78, 5) is 5.00. The molecule has 35 heavy (non-hydrogen) atoms. The predicted molar refractivity (Wildman–Crippen MR) is 136 cm³/mol. The first kappa shape index (κ1) is 25.1. The number of nitrogens with zero attached hydrogens (tertiary/aromatic N) is 2. The number of fused-ring (bicyclic) bond motifs is 5. The number of likely N-dealkylation sites (tertiary alicyclic amines) is 2. The van der Waals surface area contributed by atoms with Crippen LogP contribution >= 0.6 is 0 Å². The zero-order valence-corrected chi connectivity index (χ0v) is 22.1. The van der Waals surface area contributed by atoms with Crippen LogP contribution in [0.15, 0.2) is 0 Å². The molecule has 200 valence electrons. The lowest BCUT2D eigenvalue weighted by atomic mass is 9.44. The van der Waals surface area contributed by atoms with Crippen LogP contribution in [0, 0.1) is 34.5 Å². The van der Waals surface area contributed by atoms with E-state index in [0.29, 0.717) is 23.7 Å². The molecule has 6 aliphatic rings. The van der Waals surface area contributed by atoms with E-state index in [9.17, 15) is 20.4 Å². The van der Waals surface area contributed by atoms with Crippen LogP contribution in [0.1, 0.15) is 84.5 Å². The summed E-state index contributed by atoms with van der Waals surface area (Å²) in [5.74, 6) is 2.57. The zero-order valence-electron chi connectivity index (χ0n) is 22.1. The van der Waals surface area contributed by atoms with Crippen molar-refractivity contribution in [3.05, 3.63) is 0 Å². The fraction of sp³-hybridized carbons (Fsp3) is 1.00. The molecule has 10 atom stereocenters. The van der Waals surface area contributed by atoms with Crippen LogP contribution in [-0.4, -0.2) is 92.9 Å². The Hall–Kier alpha value is -0.240. The molecule has 5 unspecified atom stereocenters. The molecule has 4 aliphatic carbocycles. The van der Waals surface area contributed by atoms with E-state index in [4.69, 9.17) is 0 Å². The molecular weight excluding hydrogens is 440 g/mol. The van der Waals surface area contributed by atoms with Crippen LogP contribution in [0.5, 0.6) is 0 Å². The molecule has 0 aromatic rings. The van der Waals surface area contributed by atoms with Crippen LogP contribution in [0.4, 0.5) is 0 Å². The van der Waals surface area contributed by atoms with Gasteiger partial charge in [-0.15, -0.1) is 0 Å². The Labute approximate surface area is 212 Å². The lowest BCUT2D eigenvalue weighted by Gasteiger charge is -2.62. The highest BCUT2D eigenvalue weighted by Gasteiger charge is 2.63. The molecule has 0 bridgehead atoms. The Morgan fingerprint density at radius 2 is 1.23 bits per heavy atom. The summed E-state index contributed by atoms with van der Waals surface area (Å²) in [6.45, 7) is 8.61. The summed E-state index contributed by atoms with van der Waals surface area (Å²) in [6, 6.07) is 0.486. The van der Waals surface area contributed by atoms with Crippen molar-refractivity contribution < 1.29 is 20.4 Å². The molecule has 6 nitrogen and oxygen atoms in total. The first-order valence-electron chi connectivity index (χ1n) is 14.9. The predicted octanol–water partition coefficient (Wildman–Crippen LogP) is 2.62. The summed E-state index contributed by atoms with van der Waals surface area (Å²) in [6.07, 6.45) is 10.5. The van der Waals surface area contributed by atoms with Gasteiger partial charge in [0.2, 0.25) is 0 Å². The quantitative estimate of drug-likeness (QED) is 0.476. The average Bonchev–Trinajstić information content (AvgIpc) is 3.11. The number of aliphatic hydroxyl groups is 4. The van der Waals surface area contributed by atoms with Gasteiger partial charge >= 0.3 is 0 Å². The van der Waals surface area contributed by atoms with Gasteiger partial charge in [0.05, 0.1) is 24.4 Å². The van der Waals surface area contributed by atoms with Crippen molar-refractivity contribution in [3.63, 3.8) is 0 Å². The molecule has 0 amide bonds. The lowest BCUT2D eigenvalue weighted by Crippen LogP contribution is -2.60. The number of rotatable bonds is 2. The van der Waals surface area contributed by atoms with Crippen molar-refractivity contribution >= 4 is 0 Å². The van der Waals surface area contributed by atoms with E-state index < -0.39 is 0 Å². The summed E-state index contributed by atoms with van der Waals surface area (Å²) in [7, 11) is 0. The molecule has 2 aliphatic heterocycles. The van der Waals surface area contributed by atoms with Crippen LogP contribution in [0.2, 0.25) is 0 Å². The van der Waals surface area contributed by atoms with Gasteiger partial charge in [0.25, 0.3) is 0 Å². The first-order chi connectivity index (χ1) is 16.7. The molecule has 6 rings (SSSR count). The third-order valence-corrected chi connectivity index (χ3v) is 12.6. The monoisotopic (exact) mass is 490 g/mol. The van der Waals surface area contributed by atoms with Gasteiger partial charge in [0, 0.05) is 38.3 Å². The van der Waals surface area contributed by atoms with Gasteiger partial charge in [-0.25, -0.2) is 0 Å². The number of piperidine rings is 2. The molecule has 0 aromatic heterocycles. The Bertz CT molecular complexity index is 766. The van der Waals surface area contributed by atoms with E-state index >= 15 is 0 Å². The van der Waals surface area contributed by atoms with Gasteiger partial charge in [0.15, 0.2) is 0 Å². The first-order valence-corrected chi connectivity index (χ1v) is 14.9. The van der Waals surface area contributed by atoms with Crippen molar-refractivity contribution in [2.75, 3.05) is 26.2 Å². The standard InChI is InChI=1S/C29H50N2O4/c1-28-10-5-22-21(23(28)16-24(27(28)35)30-11-6-19(32)7-12-30)4-3-18-15-26(34)25(17-29(18,22)2)31-13-8-20(33)9-14-31/h18-27,32-35H,3-17H2,1-2H3/t18?,21-,22-,23+,24?,25?,26?,27?,28+,29+/m1/s1. The van der Waals surface area contributed by atoms with Gasteiger partial charge in [-0.3, -0.25) is 9.80 Å². The molecule has 0 aromatic carbocycles. The zero-order chi connectivity index (χ0) is 24.5. The fourth-order valence-electron chi connectivity index (χ4n) is 10.4. The van der Waals surface area contributed by atoms with Gasteiger partial charge in [-0.2, -0.15) is 0 Å². The second kappa shape index (κ2) is 9.20. The van der Waals surface area contributed by atoms with E-state index in [0.717, 1.165) is 77.5 Å². The largest absolute Gasteiger partial charge is 0.393 e. The fourth-order valence-corrected chi connectivity index (χ4v) is 10.4. The lowest BCUT2D eigenvalue weighted by molar-refractivity contribution is -0.156. The highest BCUT2D eigenvalue weighted by molar-refractivity contribution is 5.14. The number of hydrogen-bond donors (Lipinski definition) is 4. The van der Waals surface area contributed by atoms with Gasteiger partial charge in [-0.05, 0) is 105 Å². The third-order valence-electron chi connectivity index (χ3n) is 12.6. The second-order valence-corrected chi connectivity index (χ2v) is 14.1. The molecule has 4 saturated carbocycles. The Balaban J connectivity index is 1.21. The van der Waals surface area contributed by atoms with Crippen LogP contribution in [0.3, 0.4) is 0 Å². The number of aliphatic hydroxyl groups excluding tert-OH is 4. The summed E-state index contributed by atoms with van der Waals surface area (Å²) in [5, 5.41) is 42.9. The Kier molecular flexibility index (Phi) is 6.59. The van der Waals surface area contributed by atoms with Crippen molar-refractivity contribution in [3.8, 4) is 0 Å². The van der Waals surface area contributed by atoms with Crippen LogP contribution in [0.25, 0.3) is 0 Å². The van der Waals surface area contributed by atoms with Crippen molar-refractivity contribution in [2.24, 2.45) is 34.5 Å². The summed E-state index contributed by atoms with van der Waals surface area (Å²) < 4.78 is 0. The SMILES string of the molecule is C[C@]12CC(N3CCC(O)CC3)C(O)CC1CC[C@@H]1[C@H]2CC[C@]2(C)C(O)C(N3CCC(O)CC3)C[C@@H]12. The minimum atomic E-state index is -0.255. The molecule has 4 N–H and O–H groups in total.